The molecule has 1 N–H and O–H groups in total. The van der Waals surface area contributed by atoms with Gasteiger partial charge in [-0.25, -0.2) is 8.42 Å². The molecular formula is C15H24N2O4S. The number of furan rings is 1. The maximum absolute atomic E-state index is 12.0. The Morgan fingerprint density at radius 3 is 2.59 bits per heavy atom. The molecule has 2 atom stereocenters. The molecule has 22 heavy (non-hydrogen) atoms. The van der Waals surface area contributed by atoms with Crippen LogP contribution in [-0.4, -0.2) is 50.4 Å². The van der Waals surface area contributed by atoms with E-state index >= 15 is 0 Å². The Morgan fingerprint density at radius 1 is 1.36 bits per heavy atom. The Hall–Kier alpha value is -1.34. The molecule has 7 heteroatoms. The molecule has 1 aliphatic rings. The molecule has 1 aromatic heterocycles. The van der Waals surface area contributed by atoms with E-state index in [2.05, 4.69) is 10.2 Å². The molecule has 0 saturated carbocycles. The molecule has 0 spiro atoms. The standard InChI is InChI=1S/C15H24N2O4S/c1-12(22(2,19)20)15(18)16-11-13(14-7-6-10-21-14)17-8-4-3-5-9-17/h6-7,10,12-13H,3-5,8-9,11H2,1-2H3,(H,16,18). The van der Waals surface area contributed by atoms with Crippen molar-refractivity contribution in [1.82, 2.24) is 10.2 Å². The van der Waals surface area contributed by atoms with Gasteiger partial charge in [0, 0.05) is 12.8 Å². The van der Waals surface area contributed by atoms with Crippen LogP contribution in [0.15, 0.2) is 22.8 Å². The number of hydrogen-bond acceptors (Lipinski definition) is 5. The Labute approximate surface area is 131 Å². The third kappa shape index (κ3) is 4.33. The number of carbonyl (C=O) groups excluding carboxylic acids is 1. The molecule has 1 aromatic rings. The lowest BCUT2D eigenvalue weighted by molar-refractivity contribution is -0.120. The van der Waals surface area contributed by atoms with Crippen molar-refractivity contribution in [3.63, 3.8) is 0 Å². The number of likely N-dealkylation sites (tertiary alicyclic amines) is 1. The van der Waals surface area contributed by atoms with E-state index in [9.17, 15) is 13.2 Å². The summed E-state index contributed by atoms with van der Waals surface area (Å²) in [5.41, 5.74) is 0. The number of hydrogen-bond donors (Lipinski definition) is 1. The van der Waals surface area contributed by atoms with Crippen LogP contribution < -0.4 is 5.32 Å². The van der Waals surface area contributed by atoms with Gasteiger partial charge in [0.1, 0.15) is 11.0 Å². The number of nitrogens with one attached hydrogen (secondary N) is 1. The van der Waals surface area contributed by atoms with E-state index in [4.69, 9.17) is 4.42 Å². The summed E-state index contributed by atoms with van der Waals surface area (Å²) in [5.74, 6) is 0.338. The summed E-state index contributed by atoms with van der Waals surface area (Å²) in [6, 6.07) is 3.67. The quantitative estimate of drug-likeness (QED) is 0.853. The molecule has 6 nitrogen and oxygen atoms in total. The van der Waals surface area contributed by atoms with Crippen molar-refractivity contribution in [3.05, 3.63) is 24.2 Å². The Kier molecular flexibility index (Phi) is 5.63. The van der Waals surface area contributed by atoms with Crippen LogP contribution in [0.4, 0.5) is 0 Å². The first kappa shape index (κ1) is 17.0. The zero-order chi connectivity index (χ0) is 16.2. The molecule has 2 unspecified atom stereocenters. The van der Waals surface area contributed by atoms with E-state index in [0.29, 0.717) is 6.54 Å². The molecule has 0 bridgehead atoms. The largest absolute Gasteiger partial charge is 0.468 e. The summed E-state index contributed by atoms with van der Waals surface area (Å²) in [7, 11) is -3.38. The second-order valence-corrected chi connectivity index (χ2v) is 8.21. The van der Waals surface area contributed by atoms with Gasteiger partial charge < -0.3 is 9.73 Å². The summed E-state index contributed by atoms with van der Waals surface area (Å²) in [6.07, 6.45) is 6.17. The average Bonchev–Trinajstić information content (AvgIpc) is 3.00. The third-order valence-corrected chi connectivity index (χ3v) is 5.68. The van der Waals surface area contributed by atoms with Crippen LogP contribution in [0.25, 0.3) is 0 Å². The fraction of sp³-hybridized carbons (Fsp3) is 0.667. The molecule has 124 valence electrons. The molecule has 2 rings (SSSR count). The van der Waals surface area contributed by atoms with Gasteiger partial charge in [0.05, 0.1) is 12.3 Å². The fourth-order valence-corrected chi connectivity index (χ4v) is 3.13. The van der Waals surface area contributed by atoms with Crippen molar-refractivity contribution in [3.8, 4) is 0 Å². The lowest BCUT2D eigenvalue weighted by Crippen LogP contribution is -2.44. The van der Waals surface area contributed by atoms with Gasteiger partial charge in [-0.1, -0.05) is 6.42 Å². The third-order valence-electron chi connectivity index (χ3n) is 4.18. The highest BCUT2D eigenvalue weighted by Crippen LogP contribution is 2.24. The minimum Gasteiger partial charge on any atom is -0.468 e. The lowest BCUT2D eigenvalue weighted by atomic mass is 10.1. The van der Waals surface area contributed by atoms with E-state index < -0.39 is 21.0 Å². The van der Waals surface area contributed by atoms with Crippen molar-refractivity contribution in [1.29, 1.82) is 0 Å². The minimum atomic E-state index is -3.38. The van der Waals surface area contributed by atoms with E-state index in [1.54, 1.807) is 6.26 Å². The SMILES string of the molecule is CC(C(=O)NCC(c1ccco1)N1CCCCC1)S(C)(=O)=O. The van der Waals surface area contributed by atoms with Crippen molar-refractivity contribution in [2.45, 2.75) is 37.5 Å². The predicted molar refractivity (Wildman–Crippen MR) is 84.2 cm³/mol. The molecule has 0 aliphatic carbocycles. The Balaban J connectivity index is 2.02. The highest BCUT2D eigenvalue weighted by Gasteiger charge is 2.28. The highest BCUT2D eigenvalue weighted by molar-refractivity contribution is 7.92. The van der Waals surface area contributed by atoms with Crippen LogP contribution in [0.2, 0.25) is 0 Å². The van der Waals surface area contributed by atoms with Gasteiger partial charge >= 0.3 is 0 Å². The van der Waals surface area contributed by atoms with Crippen LogP contribution in [0.5, 0.6) is 0 Å². The van der Waals surface area contributed by atoms with Crippen LogP contribution in [-0.2, 0) is 14.6 Å². The minimum absolute atomic E-state index is 0.0500. The molecule has 1 aliphatic heterocycles. The monoisotopic (exact) mass is 328 g/mol. The van der Waals surface area contributed by atoms with Gasteiger partial charge in [-0.15, -0.1) is 0 Å². The first-order chi connectivity index (χ1) is 10.4. The molecular weight excluding hydrogens is 304 g/mol. The molecule has 0 aromatic carbocycles. The maximum Gasteiger partial charge on any atom is 0.238 e. The van der Waals surface area contributed by atoms with Gasteiger partial charge in [0.25, 0.3) is 0 Å². The van der Waals surface area contributed by atoms with Gasteiger partial charge in [-0.05, 0) is 45.0 Å². The maximum atomic E-state index is 12.0. The Morgan fingerprint density at radius 2 is 2.05 bits per heavy atom. The zero-order valence-corrected chi connectivity index (χ0v) is 13.9. The molecule has 1 fully saturated rings. The number of carbonyl (C=O) groups is 1. The van der Waals surface area contributed by atoms with Crippen LogP contribution in [0, 0.1) is 0 Å². The molecule has 1 amide bonds. The smallest absolute Gasteiger partial charge is 0.238 e. The lowest BCUT2D eigenvalue weighted by Gasteiger charge is -2.33. The van der Waals surface area contributed by atoms with Crippen molar-refractivity contribution in [2.75, 3.05) is 25.9 Å². The normalized spacial score (nSPS) is 19.5. The number of nitrogens with zero attached hydrogens (tertiary/aromatic N) is 1. The van der Waals surface area contributed by atoms with Gasteiger partial charge in [-0.3, -0.25) is 9.69 Å². The number of sulfone groups is 1. The van der Waals surface area contributed by atoms with Crippen molar-refractivity contribution in [2.24, 2.45) is 0 Å². The van der Waals surface area contributed by atoms with Gasteiger partial charge in [0.15, 0.2) is 9.84 Å². The van der Waals surface area contributed by atoms with Gasteiger partial charge in [-0.2, -0.15) is 0 Å². The first-order valence-corrected chi connectivity index (χ1v) is 9.59. The van der Waals surface area contributed by atoms with Crippen molar-refractivity contribution < 1.29 is 17.6 Å². The topological polar surface area (TPSA) is 79.6 Å². The summed E-state index contributed by atoms with van der Waals surface area (Å²) in [4.78, 5) is 14.3. The number of piperidine rings is 1. The number of rotatable bonds is 6. The van der Waals surface area contributed by atoms with Gasteiger partial charge in [0.2, 0.25) is 5.91 Å². The summed E-state index contributed by atoms with van der Waals surface area (Å²) < 4.78 is 28.4. The molecule has 1 saturated heterocycles. The fourth-order valence-electron chi connectivity index (χ4n) is 2.66. The second-order valence-electron chi connectivity index (χ2n) is 5.84. The van der Waals surface area contributed by atoms with E-state index in [-0.39, 0.29) is 6.04 Å². The van der Waals surface area contributed by atoms with E-state index in [0.717, 1.165) is 37.9 Å². The molecule has 0 radical (unpaired) electrons. The van der Waals surface area contributed by atoms with Crippen LogP contribution in [0.1, 0.15) is 38.0 Å². The average molecular weight is 328 g/mol. The van der Waals surface area contributed by atoms with E-state index in [1.165, 1.54) is 13.3 Å². The summed E-state index contributed by atoms with van der Waals surface area (Å²) in [6.45, 7) is 3.69. The summed E-state index contributed by atoms with van der Waals surface area (Å²) >= 11 is 0. The number of amides is 1. The van der Waals surface area contributed by atoms with Crippen LogP contribution in [0.3, 0.4) is 0 Å². The predicted octanol–water partition coefficient (Wildman–Crippen LogP) is 1.36. The molecule has 2 heterocycles. The van der Waals surface area contributed by atoms with Crippen LogP contribution >= 0.6 is 0 Å². The van der Waals surface area contributed by atoms with Crippen molar-refractivity contribution >= 4 is 15.7 Å². The first-order valence-electron chi connectivity index (χ1n) is 7.63. The highest BCUT2D eigenvalue weighted by atomic mass is 32.2. The summed E-state index contributed by atoms with van der Waals surface area (Å²) in [5, 5.41) is 1.72. The van der Waals surface area contributed by atoms with E-state index in [1.807, 2.05) is 12.1 Å². The second kappa shape index (κ2) is 7.28. The zero-order valence-electron chi connectivity index (χ0n) is 13.1. The Bertz CT molecular complexity index is 577.